The first-order valence-electron chi connectivity index (χ1n) is 9.92. The SMILES string of the molecule is Cc1cccc(C)c1Oc1ccc2c(c1)OCC21CCN(CCC(=O)O)CC1.Cl. The van der Waals surface area contributed by atoms with Gasteiger partial charge in [-0.15, -0.1) is 12.4 Å². The van der Waals surface area contributed by atoms with E-state index < -0.39 is 5.97 Å². The number of carboxylic acid groups (broad SMARTS) is 1. The lowest BCUT2D eigenvalue weighted by Gasteiger charge is -2.38. The van der Waals surface area contributed by atoms with Gasteiger partial charge < -0.3 is 19.5 Å². The maximum atomic E-state index is 10.8. The summed E-state index contributed by atoms with van der Waals surface area (Å²) in [6, 6.07) is 12.3. The summed E-state index contributed by atoms with van der Waals surface area (Å²) in [6.45, 7) is 7.26. The van der Waals surface area contributed by atoms with E-state index in [-0.39, 0.29) is 24.2 Å². The molecule has 5 nitrogen and oxygen atoms in total. The van der Waals surface area contributed by atoms with Gasteiger partial charge in [-0.2, -0.15) is 0 Å². The number of hydrogen-bond acceptors (Lipinski definition) is 4. The Morgan fingerprint density at radius 3 is 2.52 bits per heavy atom. The Kier molecular flexibility index (Phi) is 6.39. The highest BCUT2D eigenvalue weighted by Crippen LogP contribution is 2.47. The molecule has 0 aromatic heterocycles. The minimum Gasteiger partial charge on any atom is -0.492 e. The summed E-state index contributed by atoms with van der Waals surface area (Å²) in [5, 5.41) is 8.89. The van der Waals surface area contributed by atoms with E-state index in [2.05, 4.69) is 36.9 Å². The van der Waals surface area contributed by atoms with Crippen LogP contribution in [0.25, 0.3) is 0 Å². The molecule has 156 valence electrons. The topological polar surface area (TPSA) is 59.0 Å². The summed E-state index contributed by atoms with van der Waals surface area (Å²) in [5.41, 5.74) is 3.55. The number of fused-ring (bicyclic) bond motifs is 2. The van der Waals surface area contributed by atoms with Gasteiger partial charge in [0.05, 0.1) is 13.0 Å². The van der Waals surface area contributed by atoms with Crippen molar-refractivity contribution < 1.29 is 19.4 Å². The van der Waals surface area contributed by atoms with Gasteiger partial charge in [-0.05, 0) is 57.0 Å². The molecule has 29 heavy (non-hydrogen) atoms. The fourth-order valence-corrected chi connectivity index (χ4v) is 4.37. The van der Waals surface area contributed by atoms with Crippen LogP contribution >= 0.6 is 12.4 Å². The third-order valence-electron chi connectivity index (χ3n) is 6.11. The standard InChI is InChI=1S/C23H27NO4.ClH/c1-16-4-3-5-17(2)22(16)28-18-6-7-19-20(14-18)27-15-23(19)9-12-24(13-10-23)11-8-21(25)26;/h3-7,14H,8-13,15H2,1-2H3,(H,25,26);1H. The number of likely N-dealkylation sites (tertiary alicyclic amines) is 1. The smallest absolute Gasteiger partial charge is 0.304 e. The zero-order valence-corrected chi connectivity index (χ0v) is 17.8. The number of piperidine rings is 1. The number of ether oxygens (including phenoxy) is 2. The monoisotopic (exact) mass is 417 g/mol. The van der Waals surface area contributed by atoms with Crippen molar-refractivity contribution in [2.45, 2.75) is 38.5 Å². The number of hydrogen-bond donors (Lipinski definition) is 1. The van der Waals surface area contributed by atoms with Gasteiger partial charge in [0.1, 0.15) is 17.2 Å². The zero-order valence-electron chi connectivity index (χ0n) is 16.9. The minimum absolute atomic E-state index is 0. The Bertz CT molecular complexity index is 870. The van der Waals surface area contributed by atoms with Crippen LogP contribution in [0, 0.1) is 13.8 Å². The molecule has 2 aliphatic rings. The highest BCUT2D eigenvalue weighted by molar-refractivity contribution is 5.85. The van der Waals surface area contributed by atoms with E-state index in [1.54, 1.807) is 0 Å². The lowest BCUT2D eigenvalue weighted by Crippen LogP contribution is -2.44. The number of para-hydroxylation sites is 1. The van der Waals surface area contributed by atoms with Crippen LogP contribution in [-0.2, 0) is 10.2 Å². The first-order chi connectivity index (χ1) is 13.5. The predicted octanol–water partition coefficient (Wildman–Crippen LogP) is 4.72. The second-order valence-corrected chi connectivity index (χ2v) is 8.04. The summed E-state index contributed by atoms with van der Waals surface area (Å²) < 4.78 is 12.2. The first kappa shape index (κ1) is 21.5. The summed E-state index contributed by atoms with van der Waals surface area (Å²) in [5.74, 6) is 1.89. The van der Waals surface area contributed by atoms with Gasteiger partial charge in [-0.3, -0.25) is 4.79 Å². The van der Waals surface area contributed by atoms with Crippen LogP contribution in [0.5, 0.6) is 17.2 Å². The molecule has 2 aliphatic heterocycles. The Morgan fingerprint density at radius 1 is 1.17 bits per heavy atom. The highest BCUT2D eigenvalue weighted by Gasteiger charge is 2.43. The van der Waals surface area contributed by atoms with Crippen molar-refractivity contribution in [1.29, 1.82) is 0 Å². The van der Waals surface area contributed by atoms with Gasteiger partial charge in [-0.1, -0.05) is 24.3 Å². The molecule has 0 radical (unpaired) electrons. The van der Waals surface area contributed by atoms with Gasteiger partial charge in [0.15, 0.2) is 0 Å². The average Bonchev–Trinajstić information content (AvgIpc) is 3.02. The number of carbonyl (C=O) groups is 1. The molecule has 0 amide bonds. The number of carboxylic acids is 1. The van der Waals surface area contributed by atoms with Crippen LogP contribution in [-0.4, -0.2) is 42.2 Å². The van der Waals surface area contributed by atoms with E-state index in [0.29, 0.717) is 13.2 Å². The predicted molar refractivity (Wildman–Crippen MR) is 115 cm³/mol. The molecule has 0 unspecified atom stereocenters. The fraction of sp³-hybridized carbons (Fsp3) is 0.435. The molecular formula is C23H28ClNO4. The number of aryl methyl sites for hydroxylation is 2. The summed E-state index contributed by atoms with van der Waals surface area (Å²) in [7, 11) is 0. The molecule has 4 rings (SSSR count). The van der Waals surface area contributed by atoms with Crippen LogP contribution in [0.15, 0.2) is 36.4 Å². The van der Waals surface area contributed by atoms with Gasteiger partial charge in [0.2, 0.25) is 0 Å². The van der Waals surface area contributed by atoms with E-state index in [4.69, 9.17) is 14.6 Å². The van der Waals surface area contributed by atoms with Crippen LogP contribution in [0.4, 0.5) is 0 Å². The normalized spacial score (nSPS) is 17.3. The number of nitrogens with zero attached hydrogens (tertiary/aromatic N) is 1. The van der Waals surface area contributed by atoms with Crippen LogP contribution in [0.1, 0.15) is 36.0 Å². The van der Waals surface area contributed by atoms with Crippen molar-refractivity contribution in [3.63, 3.8) is 0 Å². The quantitative estimate of drug-likeness (QED) is 0.762. The van der Waals surface area contributed by atoms with Crippen molar-refractivity contribution in [3.05, 3.63) is 53.1 Å². The van der Waals surface area contributed by atoms with Crippen molar-refractivity contribution >= 4 is 18.4 Å². The number of aliphatic carboxylic acids is 1. The molecule has 2 heterocycles. The second kappa shape index (κ2) is 8.64. The lowest BCUT2D eigenvalue weighted by molar-refractivity contribution is -0.137. The van der Waals surface area contributed by atoms with Gasteiger partial charge in [0, 0.05) is 23.6 Å². The lowest BCUT2D eigenvalue weighted by atomic mass is 9.74. The molecule has 0 atom stereocenters. The van der Waals surface area contributed by atoms with E-state index >= 15 is 0 Å². The van der Waals surface area contributed by atoms with E-state index in [1.807, 2.05) is 18.2 Å². The third kappa shape index (κ3) is 4.36. The molecular weight excluding hydrogens is 390 g/mol. The molecule has 1 fully saturated rings. The Balaban J connectivity index is 0.00000240. The highest BCUT2D eigenvalue weighted by atomic mass is 35.5. The Hall–Kier alpha value is -2.24. The van der Waals surface area contributed by atoms with Crippen molar-refractivity contribution in [2.24, 2.45) is 0 Å². The molecule has 0 aliphatic carbocycles. The molecule has 2 aromatic rings. The van der Waals surface area contributed by atoms with Gasteiger partial charge in [0.25, 0.3) is 0 Å². The number of benzene rings is 2. The Morgan fingerprint density at radius 2 is 1.86 bits per heavy atom. The average molecular weight is 418 g/mol. The van der Waals surface area contributed by atoms with E-state index in [9.17, 15) is 4.79 Å². The van der Waals surface area contributed by atoms with Crippen LogP contribution in [0.2, 0.25) is 0 Å². The van der Waals surface area contributed by atoms with Gasteiger partial charge >= 0.3 is 5.97 Å². The number of rotatable bonds is 5. The molecule has 6 heteroatoms. The van der Waals surface area contributed by atoms with Crippen LogP contribution in [0.3, 0.4) is 0 Å². The third-order valence-corrected chi connectivity index (χ3v) is 6.11. The molecule has 1 saturated heterocycles. The summed E-state index contributed by atoms with van der Waals surface area (Å²) in [6.07, 6.45) is 2.20. The van der Waals surface area contributed by atoms with Crippen molar-refractivity contribution in [2.75, 3.05) is 26.2 Å². The summed E-state index contributed by atoms with van der Waals surface area (Å²) in [4.78, 5) is 13.0. The minimum atomic E-state index is -0.730. The zero-order chi connectivity index (χ0) is 19.7. The molecule has 1 spiro atoms. The maximum absolute atomic E-state index is 10.8. The molecule has 1 N–H and O–H groups in total. The Labute approximate surface area is 178 Å². The van der Waals surface area contributed by atoms with Crippen LogP contribution < -0.4 is 9.47 Å². The molecule has 0 saturated carbocycles. The van der Waals surface area contributed by atoms with Crippen molar-refractivity contribution in [1.82, 2.24) is 4.90 Å². The maximum Gasteiger partial charge on any atom is 0.304 e. The molecule has 2 aromatic carbocycles. The first-order valence-corrected chi connectivity index (χ1v) is 9.92. The van der Waals surface area contributed by atoms with E-state index in [0.717, 1.165) is 54.3 Å². The van der Waals surface area contributed by atoms with Gasteiger partial charge in [-0.25, -0.2) is 0 Å². The number of halogens is 1. The summed E-state index contributed by atoms with van der Waals surface area (Å²) >= 11 is 0. The molecule has 0 bridgehead atoms. The second-order valence-electron chi connectivity index (χ2n) is 8.04. The van der Waals surface area contributed by atoms with Crippen molar-refractivity contribution in [3.8, 4) is 17.2 Å². The fourth-order valence-electron chi connectivity index (χ4n) is 4.37. The largest absolute Gasteiger partial charge is 0.492 e. The van der Waals surface area contributed by atoms with E-state index in [1.165, 1.54) is 5.56 Å².